The molecule has 0 bridgehead atoms. The first-order valence-corrected chi connectivity index (χ1v) is 10.7. The molecule has 6 nitrogen and oxygen atoms in total. The van der Waals surface area contributed by atoms with Gasteiger partial charge in [0.1, 0.15) is 5.52 Å². The van der Waals surface area contributed by atoms with Crippen molar-refractivity contribution in [2.75, 3.05) is 18.0 Å². The number of rotatable bonds is 5. The Labute approximate surface area is 163 Å². The van der Waals surface area contributed by atoms with Crippen LogP contribution in [0.4, 0.5) is 6.01 Å². The van der Waals surface area contributed by atoms with E-state index in [0.717, 1.165) is 30.5 Å². The minimum absolute atomic E-state index is 0.00710. The first-order chi connectivity index (χ1) is 12.9. The molecule has 0 aliphatic carbocycles. The van der Waals surface area contributed by atoms with Crippen LogP contribution in [0.25, 0.3) is 11.1 Å². The molecule has 2 heterocycles. The van der Waals surface area contributed by atoms with E-state index in [1.54, 1.807) is 19.1 Å². The molecular weight excluding hydrogens is 386 g/mol. The molecule has 1 saturated heterocycles. The van der Waals surface area contributed by atoms with E-state index in [0.29, 0.717) is 16.6 Å². The van der Waals surface area contributed by atoms with Gasteiger partial charge in [0.2, 0.25) is 10.0 Å². The quantitative estimate of drug-likeness (QED) is 0.699. The zero-order chi connectivity index (χ0) is 19.0. The van der Waals surface area contributed by atoms with Gasteiger partial charge < -0.3 is 9.32 Å². The summed E-state index contributed by atoms with van der Waals surface area (Å²) in [7, 11) is -3.64. The van der Waals surface area contributed by atoms with Gasteiger partial charge >= 0.3 is 0 Å². The molecule has 1 aliphatic heterocycles. The van der Waals surface area contributed by atoms with E-state index >= 15 is 0 Å². The molecule has 1 aromatic heterocycles. The number of oxazole rings is 1. The standard InChI is InChI=1S/C19H20ClN3O3S/c1-13-8-9-14(20)11-18(13)27(24,25)21-12-15-5-4-10-23(15)19-22-16-6-2-3-7-17(16)26-19/h2-3,6-9,11,15,21H,4-5,10,12H2,1H3. The average molecular weight is 406 g/mol. The second-order valence-electron chi connectivity index (χ2n) is 6.72. The Hall–Kier alpha value is -2.09. The predicted molar refractivity (Wildman–Crippen MR) is 106 cm³/mol. The van der Waals surface area contributed by atoms with Gasteiger partial charge in [-0.1, -0.05) is 29.8 Å². The van der Waals surface area contributed by atoms with Crippen LogP contribution in [0.1, 0.15) is 18.4 Å². The van der Waals surface area contributed by atoms with Crippen LogP contribution in [-0.2, 0) is 10.0 Å². The van der Waals surface area contributed by atoms with Gasteiger partial charge in [0.15, 0.2) is 5.58 Å². The molecule has 1 unspecified atom stereocenters. The number of halogens is 1. The van der Waals surface area contributed by atoms with Crippen LogP contribution in [0, 0.1) is 6.92 Å². The molecule has 142 valence electrons. The summed E-state index contributed by atoms with van der Waals surface area (Å²) in [5, 5.41) is 0.398. The molecule has 1 atom stereocenters. The summed E-state index contributed by atoms with van der Waals surface area (Å²) in [6.07, 6.45) is 1.83. The number of nitrogens with zero attached hydrogens (tertiary/aromatic N) is 2. The zero-order valence-electron chi connectivity index (χ0n) is 14.9. The second kappa shape index (κ2) is 7.14. The lowest BCUT2D eigenvalue weighted by Crippen LogP contribution is -2.40. The van der Waals surface area contributed by atoms with E-state index in [1.165, 1.54) is 6.07 Å². The van der Waals surface area contributed by atoms with Crippen molar-refractivity contribution >= 4 is 38.7 Å². The summed E-state index contributed by atoms with van der Waals surface area (Å²) < 4.78 is 34.0. The Morgan fingerprint density at radius 1 is 1.30 bits per heavy atom. The molecule has 0 spiro atoms. The Morgan fingerprint density at radius 3 is 2.93 bits per heavy atom. The van der Waals surface area contributed by atoms with E-state index in [4.69, 9.17) is 16.0 Å². The highest BCUT2D eigenvalue weighted by Gasteiger charge is 2.30. The van der Waals surface area contributed by atoms with Crippen LogP contribution < -0.4 is 9.62 Å². The topological polar surface area (TPSA) is 75.4 Å². The summed E-state index contributed by atoms with van der Waals surface area (Å²) in [6.45, 7) is 2.83. The monoisotopic (exact) mass is 405 g/mol. The maximum atomic E-state index is 12.7. The first-order valence-electron chi connectivity index (χ1n) is 8.82. The van der Waals surface area contributed by atoms with Crippen molar-refractivity contribution in [1.29, 1.82) is 0 Å². The normalized spacial score (nSPS) is 17.7. The van der Waals surface area contributed by atoms with Crippen LogP contribution in [0.15, 0.2) is 51.8 Å². The summed E-state index contributed by atoms with van der Waals surface area (Å²) >= 11 is 5.97. The molecule has 1 fully saturated rings. The fourth-order valence-corrected chi connectivity index (χ4v) is 5.01. The van der Waals surface area contributed by atoms with Gasteiger partial charge in [-0.05, 0) is 49.6 Å². The maximum Gasteiger partial charge on any atom is 0.298 e. The minimum atomic E-state index is -3.64. The number of fused-ring (bicyclic) bond motifs is 1. The van der Waals surface area contributed by atoms with Crippen molar-refractivity contribution in [2.24, 2.45) is 0 Å². The zero-order valence-corrected chi connectivity index (χ0v) is 16.4. The highest BCUT2D eigenvalue weighted by Crippen LogP contribution is 2.28. The van der Waals surface area contributed by atoms with Crippen LogP contribution in [-0.4, -0.2) is 32.5 Å². The predicted octanol–water partition coefficient (Wildman–Crippen LogP) is 3.74. The number of hydrogen-bond acceptors (Lipinski definition) is 5. The minimum Gasteiger partial charge on any atom is -0.423 e. The fourth-order valence-electron chi connectivity index (χ4n) is 3.43. The molecular formula is C19H20ClN3O3S. The van der Waals surface area contributed by atoms with E-state index < -0.39 is 10.0 Å². The smallest absolute Gasteiger partial charge is 0.298 e. The largest absolute Gasteiger partial charge is 0.423 e. The summed E-state index contributed by atoms with van der Waals surface area (Å²) in [4.78, 5) is 6.78. The summed E-state index contributed by atoms with van der Waals surface area (Å²) in [6, 6.07) is 13.0. The van der Waals surface area contributed by atoms with Gasteiger partial charge in [-0.3, -0.25) is 0 Å². The lowest BCUT2D eigenvalue weighted by Gasteiger charge is -2.23. The number of anilines is 1. The Balaban J connectivity index is 1.52. The molecule has 0 amide bonds. The van der Waals surface area contributed by atoms with Crippen molar-refractivity contribution in [2.45, 2.75) is 30.7 Å². The number of aryl methyl sites for hydroxylation is 1. The number of para-hydroxylation sites is 2. The highest BCUT2D eigenvalue weighted by molar-refractivity contribution is 7.89. The van der Waals surface area contributed by atoms with Crippen molar-refractivity contribution in [3.63, 3.8) is 0 Å². The van der Waals surface area contributed by atoms with E-state index in [2.05, 4.69) is 9.71 Å². The second-order valence-corrected chi connectivity index (χ2v) is 8.89. The number of aromatic nitrogens is 1. The van der Waals surface area contributed by atoms with Gasteiger partial charge in [0.05, 0.1) is 4.90 Å². The molecule has 1 N–H and O–H groups in total. The maximum absolute atomic E-state index is 12.7. The highest BCUT2D eigenvalue weighted by atomic mass is 35.5. The van der Waals surface area contributed by atoms with E-state index in [1.807, 2.05) is 29.2 Å². The van der Waals surface area contributed by atoms with Crippen LogP contribution in [0.5, 0.6) is 0 Å². The van der Waals surface area contributed by atoms with E-state index in [-0.39, 0.29) is 17.5 Å². The van der Waals surface area contributed by atoms with Gasteiger partial charge in [0.25, 0.3) is 6.01 Å². The first kappa shape index (κ1) is 18.3. The SMILES string of the molecule is Cc1ccc(Cl)cc1S(=O)(=O)NCC1CCCN1c1nc2ccccc2o1. The average Bonchev–Trinajstić information content (AvgIpc) is 3.27. The lowest BCUT2D eigenvalue weighted by atomic mass is 10.2. The molecule has 0 saturated carbocycles. The van der Waals surface area contributed by atoms with Gasteiger partial charge in [0, 0.05) is 24.2 Å². The molecule has 1 aliphatic rings. The fraction of sp³-hybridized carbons (Fsp3) is 0.316. The lowest BCUT2D eigenvalue weighted by molar-refractivity contribution is 0.533. The molecule has 3 aromatic rings. The van der Waals surface area contributed by atoms with Crippen molar-refractivity contribution in [3.8, 4) is 0 Å². The van der Waals surface area contributed by atoms with Crippen molar-refractivity contribution in [3.05, 3.63) is 53.1 Å². The third kappa shape index (κ3) is 3.67. The number of hydrogen-bond donors (Lipinski definition) is 1. The summed E-state index contributed by atoms with van der Waals surface area (Å²) in [5.41, 5.74) is 2.19. The molecule has 0 radical (unpaired) electrons. The summed E-state index contributed by atoms with van der Waals surface area (Å²) in [5.74, 6) is 0. The number of nitrogens with one attached hydrogen (secondary N) is 1. The molecule has 8 heteroatoms. The third-order valence-corrected chi connectivity index (χ3v) is 6.65. The molecule has 27 heavy (non-hydrogen) atoms. The number of benzene rings is 2. The van der Waals surface area contributed by atoms with Crippen molar-refractivity contribution < 1.29 is 12.8 Å². The number of sulfonamides is 1. The Morgan fingerprint density at radius 2 is 2.11 bits per heavy atom. The third-order valence-electron chi connectivity index (χ3n) is 4.85. The van der Waals surface area contributed by atoms with Crippen molar-refractivity contribution in [1.82, 2.24) is 9.71 Å². The van der Waals surface area contributed by atoms with E-state index in [9.17, 15) is 8.42 Å². The molecule has 2 aromatic carbocycles. The van der Waals surface area contributed by atoms with Gasteiger partial charge in [-0.2, -0.15) is 4.98 Å². The Kier molecular flexibility index (Phi) is 4.84. The van der Waals surface area contributed by atoms with Gasteiger partial charge in [-0.25, -0.2) is 13.1 Å². The van der Waals surface area contributed by atoms with Crippen LogP contribution in [0.3, 0.4) is 0 Å². The molecule has 4 rings (SSSR count). The van der Waals surface area contributed by atoms with Crippen LogP contribution in [0.2, 0.25) is 5.02 Å². The van der Waals surface area contributed by atoms with Crippen LogP contribution >= 0.6 is 11.6 Å². The Bertz CT molecular complexity index is 1050. The van der Waals surface area contributed by atoms with Gasteiger partial charge in [-0.15, -0.1) is 0 Å².